The molecule has 0 aliphatic rings. The Balaban J connectivity index is 1.96. The Kier molecular flexibility index (Phi) is 4.83. The van der Waals surface area contributed by atoms with Gasteiger partial charge >= 0.3 is 0 Å². The van der Waals surface area contributed by atoms with E-state index in [-0.39, 0.29) is 23.7 Å². The first-order chi connectivity index (χ1) is 12.0. The summed E-state index contributed by atoms with van der Waals surface area (Å²) in [4.78, 5) is 36.8. The van der Waals surface area contributed by atoms with Crippen LogP contribution in [0.4, 0.5) is 0 Å². The van der Waals surface area contributed by atoms with Gasteiger partial charge in [-0.1, -0.05) is 0 Å². The zero-order valence-electron chi connectivity index (χ0n) is 13.0. The molecule has 0 saturated heterocycles. The molecule has 0 atom stereocenters. The van der Waals surface area contributed by atoms with E-state index in [1.54, 1.807) is 12.1 Å². The van der Waals surface area contributed by atoms with Crippen molar-refractivity contribution in [2.45, 2.75) is 6.54 Å². The quantitative estimate of drug-likeness (QED) is 0.410. The lowest BCUT2D eigenvalue weighted by molar-refractivity contribution is 0.405. The van der Waals surface area contributed by atoms with Crippen LogP contribution in [0.3, 0.4) is 0 Å². The maximum atomic E-state index is 11.9. The summed E-state index contributed by atoms with van der Waals surface area (Å²) in [6.07, 6.45) is 2.76. The topological polar surface area (TPSA) is 120 Å². The van der Waals surface area contributed by atoms with Gasteiger partial charge in [0.1, 0.15) is 5.82 Å². The summed E-state index contributed by atoms with van der Waals surface area (Å²) in [6.45, 7) is 0.100. The van der Waals surface area contributed by atoms with Gasteiger partial charge in [-0.05, 0) is 40.8 Å². The fraction of sp³-hybridized carbons (Fsp3) is 0.125. The molecule has 0 aliphatic heterocycles. The first-order valence-electron chi connectivity index (χ1n) is 7.16. The Labute approximate surface area is 154 Å². The lowest BCUT2D eigenvalue weighted by Crippen LogP contribution is -2.13. The normalized spacial score (nSPS) is 11.3. The molecule has 8 nitrogen and oxygen atoms in total. The molecule has 0 saturated carbocycles. The summed E-state index contributed by atoms with van der Waals surface area (Å²) in [5.74, 6) is 0.205. The van der Waals surface area contributed by atoms with Crippen molar-refractivity contribution in [3.8, 4) is 11.6 Å². The van der Waals surface area contributed by atoms with Crippen molar-refractivity contribution in [1.82, 2.24) is 15.0 Å². The van der Waals surface area contributed by atoms with Crippen molar-refractivity contribution >= 4 is 39.6 Å². The Morgan fingerprint density at radius 3 is 2.80 bits per heavy atom. The smallest absolute Gasteiger partial charge is 0.293 e. The van der Waals surface area contributed by atoms with Crippen LogP contribution in [0, 0.1) is 3.57 Å². The number of methoxy groups -OCH3 is 1. The molecule has 3 N–H and O–H groups in total. The monoisotopic (exact) mass is 452 g/mol. The predicted molar refractivity (Wildman–Crippen MR) is 102 cm³/mol. The number of halogens is 1. The van der Waals surface area contributed by atoms with Gasteiger partial charge in [0.05, 0.1) is 25.4 Å². The van der Waals surface area contributed by atoms with Crippen molar-refractivity contribution in [1.29, 1.82) is 0 Å². The number of aliphatic imine (C=N–C) groups is 1. The number of aromatic hydroxyl groups is 1. The second kappa shape index (κ2) is 7.05. The Hall–Kier alpha value is -2.69. The molecule has 128 valence electrons. The van der Waals surface area contributed by atoms with E-state index in [4.69, 9.17) is 4.74 Å². The molecule has 3 rings (SSSR count). The van der Waals surface area contributed by atoms with Crippen LogP contribution in [0.15, 0.2) is 39.0 Å². The SMILES string of the molecule is COc1cnc(CN=Cc2c(O)[nH]c(=O)c3ccc(I)cc23)[nH]c1=O. The van der Waals surface area contributed by atoms with E-state index in [1.807, 2.05) is 6.07 Å². The molecule has 0 fully saturated rings. The summed E-state index contributed by atoms with van der Waals surface area (Å²) in [6, 6.07) is 5.29. The standard InChI is InChI=1S/C16H13IN4O4/c1-25-12-6-19-13(20-16(12)24)7-18-5-11-10-4-8(17)2-3-9(10)14(22)21-15(11)23/h2-6H,7H2,1H3,(H,19,20,24)(H2,21,22,23). The number of ether oxygens (including phenoxy) is 1. The third kappa shape index (κ3) is 3.55. The lowest BCUT2D eigenvalue weighted by atomic mass is 10.1. The zero-order chi connectivity index (χ0) is 18.0. The molecular formula is C16H13IN4O4. The number of rotatable bonds is 4. The van der Waals surface area contributed by atoms with E-state index >= 15 is 0 Å². The number of benzene rings is 1. The highest BCUT2D eigenvalue weighted by Crippen LogP contribution is 2.22. The number of pyridine rings is 1. The molecule has 0 bridgehead atoms. The molecule has 25 heavy (non-hydrogen) atoms. The van der Waals surface area contributed by atoms with Gasteiger partial charge in [0.25, 0.3) is 11.1 Å². The van der Waals surface area contributed by atoms with Gasteiger partial charge < -0.3 is 14.8 Å². The summed E-state index contributed by atoms with van der Waals surface area (Å²) in [5, 5.41) is 11.1. The Morgan fingerprint density at radius 2 is 2.08 bits per heavy atom. The Morgan fingerprint density at radius 1 is 1.28 bits per heavy atom. The van der Waals surface area contributed by atoms with Crippen molar-refractivity contribution in [3.63, 3.8) is 0 Å². The van der Waals surface area contributed by atoms with Crippen LogP contribution in [0.1, 0.15) is 11.4 Å². The van der Waals surface area contributed by atoms with Crippen molar-refractivity contribution < 1.29 is 9.84 Å². The van der Waals surface area contributed by atoms with E-state index in [0.717, 1.165) is 3.57 Å². The average molecular weight is 452 g/mol. The highest BCUT2D eigenvalue weighted by Gasteiger charge is 2.10. The molecule has 2 heterocycles. The fourth-order valence-corrected chi connectivity index (χ4v) is 2.80. The molecule has 1 aromatic carbocycles. The summed E-state index contributed by atoms with van der Waals surface area (Å²) < 4.78 is 5.77. The van der Waals surface area contributed by atoms with E-state index < -0.39 is 5.56 Å². The van der Waals surface area contributed by atoms with Gasteiger partial charge in [0.15, 0.2) is 0 Å². The number of hydrogen-bond donors (Lipinski definition) is 3. The number of nitrogens with one attached hydrogen (secondary N) is 2. The van der Waals surface area contributed by atoms with Crippen molar-refractivity contribution in [2.75, 3.05) is 7.11 Å². The number of nitrogens with zero attached hydrogens (tertiary/aromatic N) is 2. The van der Waals surface area contributed by atoms with Gasteiger partial charge in [0, 0.05) is 20.6 Å². The molecule has 0 spiro atoms. The average Bonchev–Trinajstić information content (AvgIpc) is 2.57. The first kappa shape index (κ1) is 17.1. The number of H-pyrrole nitrogens is 2. The van der Waals surface area contributed by atoms with Gasteiger partial charge in [0.2, 0.25) is 11.6 Å². The van der Waals surface area contributed by atoms with Crippen LogP contribution in [-0.4, -0.2) is 33.4 Å². The van der Waals surface area contributed by atoms with Crippen LogP contribution >= 0.6 is 22.6 Å². The second-order valence-corrected chi connectivity index (χ2v) is 6.35. The summed E-state index contributed by atoms with van der Waals surface area (Å²) in [7, 11) is 1.38. The fourth-order valence-electron chi connectivity index (χ4n) is 2.31. The molecule has 3 aromatic rings. The van der Waals surface area contributed by atoms with E-state index in [2.05, 4.69) is 42.5 Å². The maximum absolute atomic E-state index is 11.9. The van der Waals surface area contributed by atoms with Crippen LogP contribution < -0.4 is 15.9 Å². The largest absolute Gasteiger partial charge is 0.494 e. The highest BCUT2D eigenvalue weighted by molar-refractivity contribution is 14.1. The molecule has 2 aromatic heterocycles. The van der Waals surface area contributed by atoms with E-state index in [9.17, 15) is 14.7 Å². The predicted octanol–water partition coefficient (Wildman–Crippen LogP) is 1.55. The number of fused-ring (bicyclic) bond motifs is 1. The van der Waals surface area contributed by atoms with E-state index in [0.29, 0.717) is 22.2 Å². The van der Waals surface area contributed by atoms with E-state index in [1.165, 1.54) is 19.5 Å². The van der Waals surface area contributed by atoms with Crippen LogP contribution in [0.5, 0.6) is 11.6 Å². The van der Waals surface area contributed by atoms with Gasteiger partial charge in [-0.2, -0.15) is 0 Å². The molecule has 9 heteroatoms. The molecule has 0 amide bonds. The first-order valence-corrected chi connectivity index (χ1v) is 8.24. The van der Waals surface area contributed by atoms with Gasteiger partial charge in [-0.15, -0.1) is 0 Å². The van der Waals surface area contributed by atoms with Crippen LogP contribution in [0.2, 0.25) is 0 Å². The zero-order valence-corrected chi connectivity index (χ0v) is 15.2. The van der Waals surface area contributed by atoms with Crippen LogP contribution in [0.25, 0.3) is 10.8 Å². The molecule has 0 aliphatic carbocycles. The molecule has 0 unspecified atom stereocenters. The number of aromatic amines is 2. The lowest BCUT2D eigenvalue weighted by Gasteiger charge is -2.05. The maximum Gasteiger partial charge on any atom is 0.293 e. The van der Waals surface area contributed by atoms with Crippen molar-refractivity contribution in [2.24, 2.45) is 4.99 Å². The summed E-state index contributed by atoms with van der Waals surface area (Å²) >= 11 is 2.13. The summed E-state index contributed by atoms with van der Waals surface area (Å²) in [5.41, 5.74) is -0.374. The minimum Gasteiger partial charge on any atom is -0.494 e. The minimum absolute atomic E-state index is 0.100. The minimum atomic E-state index is -0.394. The number of hydrogen-bond acceptors (Lipinski definition) is 6. The third-order valence-corrected chi connectivity index (χ3v) is 4.18. The molecular weight excluding hydrogens is 439 g/mol. The molecule has 0 radical (unpaired) electrons. The Bertz CT molecular complexity index is 1090. The van der Waals surface area contributed by atoms with Crippen LogP contribution in [-0.2, 0) is 6.54 Å². The third-order valence-electron chi connectivity index (χ3n) is 3.50. The van der Waals surface area contributed by atoms with Gasteiger partial charge in [-0.25, -0.2) is 4.98 Å². The number of aromatic nitrogens is 3. The second-order valence-electron chi connectivity index (χ2n) is 5.10. The van der Waals surface area contributed by atoms with Gasteiger partial charge in [-0.3, -0.25) is 19.6 Å². The van der Waals surface area contributed by atoms with Crippen molar-refractivity contribution in [3.05, 3.63) is 60.1 Å². The highest BCUT2D eigenvalue weighted by atomic mass is 127.